The van der Waals surface area contributed by atoms with Crippen molar-refractivity contribution in [3.8, 4) is 5.75 Å². The third-order valence-corrected chi connectivity index (χ3v) is 4.54. The Labute approximate surface area is 157 Å². The number of para-hydroxylation sites is 1. The van der Waals surface area contributed by atoms with E-state index < -0.39 is 0 Å². The number of amides is 1. The van der Waals surface area contributed by atoms with Gasteiger partial charge in [-0.25, -0.2) is 0 Å². The molecule has 4 nitrogen and oxygen atoms in total. The van der Waals surface area contributed by atoms with Crippen LogP contribution in [0.1, 0.15) is 36.1 Å². The first-order chi connectivity index (χ1) is 12.5. The van der Waals surface area contributed by atoms with Crippen LogP contribution in [0, 0.1) is 13.8 Å². The number of nitrogens with zero attached hydrogens (tertiary/aromatic N) is 1. The van der Waals surface area contributed by atoms with Crippen LogP contribution < -0.4 is 10.1 Å². The van der Waals surface area contributed by atoms with Crippen LogP contribution in [-0.2, 0) is 17.9 Å². The minimum atomic E-state index is -0.109. The molecule has 1 amide bonds. The average Bonchev–Trinajstić information content (AvgIpc) is 2.64. The Morgan fingerprint density at radius 3 is 2.27 bits per heavy atom. The Hall–Kier alpha value is -2.33. The number of hydrogen-bond acceptors (Lipinski definition) is 3. The highest BCUT2D eigenvalue weighted by atomic mass is 16.5. The van der Waals surface area contributed by atoms with Crippen LogP contribution in [0.15, 0.2) is 42.5 Å². The summed E-state index contributed by atoms with van der Waals surface area (Å²) in [7, 11) is 0. The maximum absolute atomic E-state index is 12.1. The molecule has 0 bridgehead atoms. The second kappa shape index (κ2) is 9.97. The van der Waals surface area contributed by atoms with Gasteiger partial charge in [0, 0.05) is 13.1 Å². The third kappa shape index (κ3) is 5.88. The van der Waals surface area contributed by atoms with E-state index in [4.69, 9.17) is 4.74 Å². The summed E-state index contributed by atoms with van der Waals surface area (Å²) in [6.07, 6.45) is 0. The number of rotatable bonds is 9. The molecule has 0 aliphatic carbocycles. The molecular weight excluding hydrogens is 324 g/mol. The first kappa shape index (κ1) is 20.0. The van der Waals surface area contributed by atoms with Gasteiger partial charge in [-0.3, -0.25) is 9.69 Å². The summed E-state index contributed by atoms with van der Waals surface area (Å²) in [5.41, 5.74) is 4.46. The lowest BCUT2D eigenvalue weighted by atomic mass is 10.1. The molecule has 0 radical (unpaired) electrons. The van der Waals surface area contributed by atoms with Crippen LogP contribution in [0.3, 0.4) is 0 Å². The molecule has 2 aromatic rings. The van der Waals surface area contributed by atoms with Gasteiger partial charge in [0.2, 0.25) is 0 Å². The lowest BCUT2D eigenvalue weighted by Gasteiger charge is -2.18. The zero-order chi connectivity index (χ0) is 18.9. The molecule has 4 heteroatoms. The van der Waals surface area contributed by atoms with Crippen molar-refractivity contribution in [2.45, 2.75) is 40.8 Å². The van der Waals surface area contributed by atoms with E-state index in [1.807, 2.05) is 44.2 Å². The third-order valence-electron chi connectivity index (χ3n) is 4.54. The molecule has 0 spiro atoms. The van der Waals surface area contributed by atoms with Crippen LogP contribution in [-0.4, -0.2) is 30.5 Å². The molecule has 0 fully saturated rings. The fourth-order valence-electron chi connectivity index (χ4n) is 2.96. The number of benzene rings is 2. The maximum atomic E-state index is 12.1. The van der Waals surface area contributed by atoms with Gasteiger partial charge in [0.1, 0.15) is 5.75 Å². The summed E-state index contributed by atoms with van der Waals surface area (Å²) in [5, 5.41) is 2.94. The van der Waals surface area contributed by atoms with Crippen LogP contribution >= 0.6 is 0 Å². The van der Waals surface area contributed by atoms with Crippen molar-refractivity contribution in [1.29, 1.82) is 0 Å². The second-order valence-electron chi connectivity index (χ2n) is 6.57. The second-order valence-corrected chi connectivity index (χ2v) is 6.57. The zero-order valence-electron chi connectivity index (χ0n) is 16.3. The van der Waals surface area contributed by atoms with Crippen LogP contribution in [0.2, 0.25) is 0 Å². The van der Waals surface area contributed by atoms with Gasteiger partial charge in [-0.15, -0.1) is 0 Å². The quantitative estimate of drug-likeness (QED) is 0.744. The summed E-state index contributed by atoms with van der Waals surface area (Å²) in [6.45, 7) is 11.9. The number of carbonyl (C=O) groups excluding carboxylic acids is 1. The van der Waals surface area contributed by atoms with Crippen LogP contribution in [0.5, 0.6) is 5.75 Å². The van der Waals surface area contributed by atoms with Gasteiger partial charge in [0.15, 0.2) is 6.61 Å². The summed E-state index contributed by atoms with van der Waals surface area (Å²) in [5.74, 6) is 0.686. The molecule has 140 valence electrons. The number of ether oxygens (including phenoxy) is 1. The van der Waals surface area contributed by atoms with Crippen LogP contribution in [0.4, 0.5) is 0 Å². The molecule has 0 saturated heterocycles. The van der Waals surface area contributed by atoms with Gasteiger partial charge in [0.05, 0.1) is 0 Å². The highest BCUT2D eigenvalue weighted by Crippen LogP contribution is 2.22. The van der Waals surface area contributed by atoms with E-state index in [-0.39, 0.29) is 12.5 Å². The molecule has 0 unspecified atom stereocenters. The molecule has 0 saturated carbocycles. The van der Waals surface area contributed by atoms with Crippen molar-refractivity contribution in [3.63, 3.8) is 0 Å². The van der Waals surface area contributed by atoms with E-state index in [0.29, 0.717) is 6.54 Å². The van der Waals surface area contributed by atoms with Gasteiger partial charge in [-0.05, 0) is 49.2 Å². The lowest BCUT2D eigenvalue weighted by Crippen LogP contribution is -2.28. The summed E-state index contributed by atoms with van der Waals surface area (Å²) in [6, 6.07) is 14.3. The molecule has 0 aromatic heterocycles. The monoisotopic (exact) mass is 354 g/mol. The van der Waals surface area contributed by atoms with Crippen molar-refractivity contribution >= 4 is 5.91 Å². The molecule has 0 heterocycles. The topological polar surface area (TPSA) is 41.6 Å². The zero-order valence-corrected chi connectivity index (χ0v) is 16.3. The van der Waals surface area contributed by atoms with Gasteiger partial charge in [-0.1, -0.05) is 56.3 Å². The molecule has 2 aromatic carbocycles. The highest BCUT2D eigenvalue weighted by molar-refractivity contribution is 5.77. The molecule has 1 N–H and O–H groups in total. The smallest absolute Gasteiger partial charge is 0.258 e. The van der Waals surface area contributed by atoms with Gasteiger partial charge < -0.3 is 10.1 Å². The summed E-state index contributed by atoms with van der Waals surface area (Å²) in [4.78, 5) is 14.5. The largest absolute Gasteiger partial charge is 0.483 e. The molecule has 0 aliphatic rings. The average molecular weight is 354 g/mol. The molecule has 0 aliphatic heterocycles. The van der Waals surface area contributed by atoms with Crippen molar-refractivity contribution in [2.75, 3.05) is 19.7 Å². The minimum absolute atomic E-state index is 0.0326. The predicted octanol–water partition coefficient (Wildman–Crippen LogP) is 3.84. The first-order valence-corrected chi connectivity index (χ1v) is 9.29. The van der Waals surface area contributed by atoms with E-state index in [2.05, 4.69) is 36.2 Å². The maximum Gasteiger partial charge on any atom is 0.258 e. The van der Waals surface area contributed by atoms with Gasteiger partial charge in [-0.2, -0.15) is 0 Å². The number of hydrogen-bond donors (Lipinski definition) is 1. The number of aryl methyl sites for hydroxylation is 2. The first-order valence-electron chi connectivity index (χ1n) is 9.29. The van der Waals surface area contributed by atoms with E-state index in [9.17, 15) is 4.79 Å². The van der Waals surface area contributed by atoms with Crippen molar-refractivity contribution in [2.24, 2.45) is 0 Å². The minimum Gasteiger partial charge on any atom is -0.483 e. The highest BCUT2D eigenvalue weighted by Gasteiger charge is 2.08. The van der Waals surface area contributed by atoms with Crippen molar-refractivity contribution in [3.05, 3.63) is 64.7 Å². The molecule has 0 atom stereocenters. The van der Waals surface area contributed by atoms with E-state index in [1.54, 1.807) is 0 Å². The normalized spacial score (nSPS) is 10.8. The van der Waals surface area contributed by atoms with Crippen molar-refractivity contribution < 1.29 is 9.53 Å². The molecular formula is C22H30N2O2. The van der Waals surface area contributed by atoms with Crippen LogP contribution in [0.25, 0.3) is 0 Å². The predicted molar refractivity (Wildman–Crippen MR) is 106 cm³/mol. The van der Waals surface area contributed by atoms with E-state index in [0.717, 1.165) is 42.1 Å². The summed E-state index contributed by atoms with van der Waals surface area (Å²) < 4.78 is 5.70. The Balaban J connectivity index is 1.85. The van der Waals surface area contributed by atoms with Gasteiger partial charge >= 0.3 is 0 Å². The number of carbonyl (C=O) groups is 1. The Bertz CT molecular complexity index is 704. The number of nitrogens with one attached hydrogen (secondary N) is 1. The Kier molecular flexibility index (Phi) is 7.67. The molecule has 26 heavy (non-hydrogen) atoms. The fraction of sp³-hybridized carbons (Fsp3) is 0.409. The SMILES string of the molecule is CCN(CC)Cc1cccc(CNC(=O)COc2c(C)cccc2C)c1. The Morgan fingerprint density at radius 2 is 1.62 bits per heavy atom. The van der Waals surface area contributed by atoms with Crippen molar-refractivity contribution in [1.82, 2.24) is 10.2 Å². The fourth-order valence-corrected chi connectivity index (χ4v) is 2.96. The summed E-state index contributed by atoms with van der Waals surface area (Å²) >= 11 is 0. The standard InChI is InChI=1S/C22H30N2O2/c1-5-24(6-2)15-20-12-8-11-19(13-20)14-23-21(25)16-26-22-17(3)9-7-10-18(22)4/h7-13H,5-6,14-16H2,1-4H3,(H,23,25). The van der Waals surface area contributed by atoms with E-state index >= 15 is 0 Å². The Morgan fingerprint density at radius 1 is 1.00 bits per heavy atom. The van der Waals surface area contributed by atoms with Gasteiger partial charge in [0.25, 0.3) is 5.91 Å². The molecule has 2 rings (SSSR count). The van der Waals surface area contributed by atoms with E-state index in [1.165, 1.54) is 5.56 Å². The lowest BCUT2D eigenvalue weighted by molar-refractivity contribution is -0.123.